The van der Waals surface area contributed by atoms with Crippen LogP contribution in [0.15, 0.2) is 20.6 Å². The van der Waals surface area contributed by atoms with Gasteiger partial charge in [0.2, 0.25) is 0 Å². The van der Waals surface area contributed by atoms with Gasteiger partial charge in [-0.1, -0.05) is 0 Å². The van der Waals surface area contributed by atoms with E-state index in [1.807, 2.05) is 18.4 Å². The predicted octanol–water partition coefficient (Wildman–Crippen LogP) is 4.50. The molecule has 0 aliphatic rings. The summed E-state index contributed by atoms with van der Waals surface area (Å²) in [6.45, 7) is 4.31. The minimum Gasteiger partial charge on any atom is -0.309 e. The second kappa shape index (κ2) is 5.00. The van der Waals surface area contributed by atoms with Crippen LogP contribution in [0.4, 0.5) is 0 Å². The molecule has 86 valence electrons. The Morgan fingerprint density at radius 1 is 1.25 bits per heavy atom. The highest BCUT2D eigenvalue weighted by Crippen LogP contribution is 2.35. The Kier molecular flexibility index (Phi) is 3.85. The van der Waals surface area contributed by atoms with Crippen LogP contribution < -0.4 is 5.32 Å². The standard InChI is InChI=1S/C12H14BrNS2/c1-7-4-10(16-12(7)13)11(14-3)9-6-15-5-8(9)2/h4-6,11,14H,1-3H3. The first-order chi connectivity index (χ1) is 7.63. The third-order valence-corrected chi connectivity index (χ3v) is 5.74. The lowest BCUT2D eigenvalue weighted by Gasteiger charge is -2.14. The highest BCUT2D eigenvalue weighted by molar-refractivity contribution is 9.11. The smallest absolute Gasteiger partial charge is 0.0731 e. The van der Waals surface area contributed by atoms with Crippen LogP contribution in [-0.4, -0.2) is 7.05 Å². The molecule has 0 amide bonds. The Bertz CT molecular complexity index is 467. The van der Waals surface area contributed by atoms with Gasteiger partial charge < -0.3 is 5.32 Å². The summed E-state index contributed by atoms with van der Waals surface area (Å²) in [4.78, 5) is 1.37. The molecule has 0 bridgehead atoms. The topological polar surface area (TPSA) is 12.0 Å². The largest absolute Gasteiger partial charge is 0.309 e. The van der Waals surface area contributed by atoms with E-state index in [4.69, 9.17) is 0 Å². The van der Waals surface area contributed by atoms with Gasteiger partial charge in [0, 0.05) is 4.88 Å². The number of aryl methyl sites for hydroxylation is 2. The van der Waals surface area contributed by atoms with Crippen molar-refractivity contribution in [3.63, 3.8) is 0 Å². The minimum atomic E-state index is 0.321. The van der Waals surface area contributed by atoms with Crippen molar-refractivity contribution >= 4 is 38.6 Å². The van der Waals surface area contributed by atoms with Crippen LogP contribution in [0.3, 0.4) is 0 Å². The average molecular weight is 316 g/mol. The molecule has 4 heteroatoms. The van der Waals surface area contributed by atoms with Gasteiger partial charge in [-0.3, -0.25) is 0 Å². The monoisotopic (exact) mass is 315 g/mol. The van der Waals surface area contributed by atoms with Crippen molar-refractivity contribution in [1.82, 2.24) is 5.32 Å². The van der Waals surface area contributed by atoms with Crippen molar-refractivity contribution in [2.24, 2.45) is 0 Å². The number of hydrogen-bond acceptors (Lipinski definition) is 3. The van der Waals surface area contributed by atoms with E-state index in [-0.39, 0.29) is 0 Å². The van der Waals surface area contributed by atoms with Crippen LogP contribution in [0, 0.1) is 13.8 Å². The number of thiophene rings is 2. The van der Waals surface area contributed by atoms with Gasteiger partial charge >= 0.3 is 0 Å². The molecule has 2 aromatic rings. The second-order valence-corrected chi connectivity index (χ2v) is 6.98. The van der Waals surface area contributed by atoms with Gasteiger partial charge in [0.15, 0.2) is 0 Å². The minimum absolute atomic E-state index is 0.321. The Balaban J connectivity index is 2.40. The first kappa shape index (κ1) is 12.3. The van der Waals surface area contributed by atoms with E-state index in [0.29, 0.717) is 6.04 Å². The summed E-state index contributed by atoms with van der Waals surface area (Å²) in [5, 5.41) is 7.84. The average Bonchev–Trinajstić information content (AvgIpc) is 2.78. The van der Waals surface area contributed by atoms with E-state index < -0.39 is 0 Å². The van der Waals surface area contributed by atoms with Crippen molar-refractivity contribution in [3.05, 3.63) is 42.2 Å². The van der Waals surface area contributed by atoms with E-state index in [9.17, 15) is 0 Å². The molecule has 0 fully saturated rings. The van der Waals surface area contributed by atoms with Crippen molar-refractivity contribution in [3.8, 4) is 0 Å². The number of hydrogen-bond donors (Lipinski definition) is 1. The molecule has 0 radical (unpaired) electrons. The maximum atomic E-state index is 3.59. The molecule has 16 heavy (non-hydrogen) atoms. The van der Waals surface area contributed by atoms with Gasteiger partial charge in [-0.25, -0.2) is 0 Å². The van der Waals surface area contributed by atoms with Crippen LogP contribution in [-0.2, 0) is 0 Å². The first-order valence-corrected chi connectivity index (χ1v) is 7.64. The summed E-state index contributed by atoms with van der Waals surface area (Å²) in [6.07, 6.45) is 0. The third-order valence-electron chi connectivity index (χ3n) is 2.66. The zero-order valence-corrected chi connectivity index (χ0v) is 12.7. The summed E-state index contributed by atoms with van der Waals surface area (Å²) in [5.41, 5.74) is 4.07. The van der Waals surface area contributed by atoms with E-state index in [2.05, 4.69) is 51.9 Å². The van der Waals surface area contributed by atoms with E-state index >= 15 is 0 Å². The molecule has 2 aromatic heterocycles. The van der Waals surface area contributed by atoms with Crippen LogP contribution in [0.1, 0.15) is 27.6 Å². The Hall–Kier alpha value is -0.160. The third kappa shape index (κ3) is 2.25. The summed E-state index contributed by atoms with van der Waals surface area (Å²) < 4.78 is 1.23. The zero-order valence-electron chi connectivity index (χ0n) is 9.50. The van der Waals surface area contributed by atoms with Crippen molar-refractivity contribution < 1.29 is 0 Å². The van der Waals surface area contributed by atoms with E-state index in [1.165, 1.54) is 25.4 Å². The van der Waals surface area contributed by atoms with E-state index in [1.54, 1.807) is 11.3 Å². The lowest BCUT2D eigenvalue weighted by molar-refractivity contribution is 0.702. The van der Waals surface area contributed by atoms with Crippen molar-refractivity contribution in [1.29, 1.82) is 0 Å². The van der Waals surface area contributed by atoms with Gasteiger partial charge in [-0.05, 0) is 70.3 Å². The van der Waals surface area contributed by atoms with Crippen LogP contribution in [0.5, 0.6) is 0 Å². The zero-order chi connectivity index (χ0) is 11.7. The molecule has 2 heterocycles. The maximum absolute atomic E-state index is 3.59. The molecule has 1 N–H and O–H groups in total. The van der Waals surface area contributed by atoms with Crippen LogP contribution in [0.25, 0.3) is 0 Å². The first-order valence-electron chi connectivity index (χ1n) is 5.09. The lowest BCUT2D eigenvalue weighted by Crippen LogP contribution is -2.16. The summed E-state index contributed by atoms with van der Waals surface area (Å²) >= 11 is 7.17. The normalized spacial score (nSPS) is 13.0. The quantitative estimate of drug-likeness (QED) is 0.879. The highest BCUT2D eigenvalue weighted by atomic mass is 79.9. The fraction of sp³-hybridized carbons (Fsp3) is 0.333. The maximum Gasteiger partial charge on any atom is 0.0731 e. The lowest BCUT2D eigenvalue weighted by atomic mass is 10.1. The fourth-order valence-electron chi connectivity index (χ4n) is 1.74. The molecule has 1 unspecified atom stereocenters. The van der Waals surface area contributed by atoms with Gasteiger partial charge in [0.25, 0.3) is 0 Å². The Morgan fingerprint density at radius 2 is 2.00 bits per heavy atom. The van der Waals surface area contributed by atoms with Gasteiger partial charge in [-0.15, -0.1) is 11.3 Å². The van der Waals surface area contributed by atoms with Crippen molar-refractivity contribution in [2.75, 3.05) is 7.05 Å². The summed E-state index contributed by atoms with van der Waals surface area (Å²) in [6, 6.07) is 2.58. The predicted molar refractivity (Wildman–Crippen MR) is 76.7 cm³/mol. The molecule has 0 saturated heterocycles. The number of rotatable bonds is 3. The second-order valence-electron chi connectivity index (χ2n) is 3.84. The molecular formula is C12H14BrNS2. The number of nitrogens with one attached hydrogen (secondary N) is 1. The van der Waals surface area contributed by atoms with E-state index in [0.717, 1.165) is 0 Å². The molecular weight excluding hydrogens is 302 g/mol. The highest BCUT2D eigenvalue weighted by Gasteiger charge is 2.17. The fourth-order valence-corrected chi connectivity index (χ4v) is 4.32. The Morgan fingerprint density at radius 3 is 2.44 bits per heavy atom. The molecule has 1 atom stereocenters. The molecule has 2 rings (SSSR count). The molecule has 0 spiro atoms. The number of halogens is 1. The molecule has 0 aliphatic carbocycles. The molecule has 0 aromatic carbocycles. The van der Waals surface area contributed by atoms with Gasteiger partial charge in [-0.2, -0.15) is 11.3 Å². The summed E-state index contributed by atoms with van der Waals surface area (Å²) in [7, 11) is 2.02. The Labute approximate surface area is 113 Å². The van der Waals surface area contributed by atoms with Crippen LogP contribution >= 0.6 is 38.6 Å². The van der Waals surface area contributed by atoms with Crippen molar-refractivity contribution in [2.45, 2.75) is 19.9 Å². The van der Waals surface area contributed by atoms with Gasteiger partial charge in [0.1, 0.15) is 0 Å². The van der Waals surface area contributed by atoms with Crippen LogP contribution in [0.2, 0.25) is 0 Å². The molecule has 0 saturated carbocycles. The molecule has 1 nitrogen and oxygen atoms in total. The SMILES string of the molecule is CNC(c1cc(C)c(Br)s1)c1cscc1C. The summed E-state index contributed by atoms with van der Waals surface area (Å²) in [5.74, 6) is 0. The molecule has 0 aliphatic heterocycles. The van der Waals surface area contributed by atoms with Gasteiger partial charge in [0.05, 0.1) is 9.83 Å².